The molecule has 1 aliphatic rings. The summed E-state index contributed by atoms with van der Waals surface area (Å²) in [4.78, 5) is 11.6. The lowest BCUT2D eigenvalue weighted by Crippen LogP contribution is -2.09. The van der Waals surface area contributed by atoms with Gasteiger partial charge in [0.05, 0.1) is 0 Å². The van der Waals surface area contributed by atoms with Crippen molar-refractivity contribution in [3.63, 3.8) is 0 Å². The van der Waals surface area contributed by atoms with Crippen molar-refractivity contribution in [2.24, 2.45) is 5.92 Å². The lowest BCUT2D eigenvalue weighted by Gasteiger charge is -2.02. The molecule has 1 aromatic rings. The molecule has 1 aliphatic carbocycles. The lowest BCUT2D eigenvalue weighted by atomic mass is 10.1. The molecule has 0 saturated heterocycles. The highest BCUT2D eigenvalue weighted by Crippen LogP contribution is 2.25. The first kappa shape index (κ1) is 10.9. The van der Waals surface area contributed by atoms with Gasteiger partial charge in [-0.25, -0.2) is 0 Å². The minimum atomic E-state index is 0.213. The van der Waals surface area contributed by atoms with Crippen molar-refractivity contribution in [1.82, 2.24) is 5.32 Å². The molecule has 0 radical (unpaired) electrons. The summed E-state index contributed by atoms with van der Waals surface area (Å²) in [7, 11) is 0. The maximum absolute atomic E-state index is 11.6. The van der Waals surface area contributed by atoms with Crippen molar-refractivity contribution >= 4 is 5.78 Å². The Labute approximate surface area is 96.4 Å². The maximum atomic E-state index is 11.6. The first-order valence-electron chi connectivity index (χ1n) is 5.78. The number of rotatable bonds is 3. The molecule has 84 valence electrons. The van der Waals surface area contributed by atoms with E-state index >= 15 is 0 Å². The predicted octanol–water partition coefficient (Wildman–Crippen LogP) is 2.66. The number of carbonyl (C=O) groups is 1. The molecule has 0 amide bonds. The SMILES string of the molecule is CC1CC/C(=C\NCc2ccccc2)C1=O. The van der Waals surface area contributed by atoms with Crippen LogP contribution in [0.2, 0.25) is 0 Å². The number of benzene rings is 1. The number of carbonyl (C=O) groups excluding carboxylic acids is 1. The molecule has 0 aliphatic heterocycles. The quantitative estimate of drug-likeness (QED) is 0.785. The van der Waals surface area contributed by atoms with E-state index < -0.39 is 0 Å². The van der Waals surface area contributed by atoms with Gasteiger partial charge in [0.2, 0.25) is 0 Å². The van der Waals surface area contributed by atoms with E-state index in [1.807, 2.05) is 31.3 Å². The monoisotopic (exact) mass is 215 g/mol. The Morgan fingerprint density at radius 1 is 1.38 bits per heavy atom. The molecular weight excluding hydrogens is 198 g/mol. The van der Waals surface area contributed by atoms with Crippen molar-refractivity contribution in [3.8, 4) is 0 Å². The van der Waals surface area contributed by atoms with E-state index in [-0.39, 0.29) is 5.92 Å². The first-order chi connectivity index (χ1) is 7.77. The molecule has 1 unspecified atom stereocenters. The Kier molecular flexibility index (Phi) is 3.40. The lowest BCUT2D eigenvalue weighted by molar-refractivity contribution is -0.117. The minimum absolute atomic E-state index is 0.213. The van der Waals surface area contributed by atoms with Gasteiger partial charge in [-0.05, 0) is 18.4 Å². The van der Waals surface area contributed by atoms with Crippen LogP contribution in [-0.4, -0.2) is 5.78 Å². The van der Waals surface area contributed by atoms with E-state index in [1.54, 1.807) is 0 Å². The molecule has 1 saturated carbocycles. The van der Waals surface area contributed by atoms with Gasteiger partial charge >= 0.3 is 0 Å². The van der Waals surface area contributed by atoms with Gasteiger partial charge in [-0.2, -0.15) is 0 Å². The predicted molar refractivity (Wildman–Crippen MR) is 64.8 cm³/mol. The van der Waals surface area contributed by atoms with Crippen molar-refractivity contribution in [2.45, 2.75) is 26.3 Å². The highest BCUT2D eigenvalue weighted by Gasteiger charge is 2.24. The fourth-order valence-electron chi connectivity index (χ4n) is 1.97. The molecule has 2 heteroatoms. The fourth-order valence-corrected chi connectivity index (χ4v) is 1.97. The number of allylic oxidation sites excluding steroid dienone is 1. The summed E-state index contributed by atoms with van der Waals surface area (Å²) >= 11 is 0. The van der Waals surface area contributed by atoms with Crippen molar-refractivity contribution < 1.29 is 4.79 Å². The van der Waals surface area contributed by atoms with Crippen LogP contribution in [0.5, 0.6) is 0 Å². The van der Waals surface area contributed by atoms with Gasteiger partial charge in [0.1, 0.15) is 0 Å². The Morgan fingerprint density at radius 2 is 2.12 bits per heavy atom. The highest BCUT2D eigenvalue weighted by atomic mass is 16.1. The summed E-state index contributed by atoms with van der Waals surface area (Å²) in [5, 5.41) is 3.21. The number of hydrogen-bond acceptors (Lipinski definition) is 2. The Balaban J connectivity index is 1.88. The summed E-state index contributed by atoms with van der Waals surface area (Å²) in [6.07, 6.45) is 3.80. The molecule has 1 atom stereocenters. The average molecular weight is 215 g/mol. The second kappa shape index (κ2) is 4.97. The van der Waals surface area contributed by atoms with E-state index in [1.165, 1.54) is 5.56 Å². The summed E-state index contributed by atoms with van der Waals surface area (Å²) in [5.74, 6) is 0.519. The average Bonchev–Trinajstić information content (AvgIpc) is 2.62. The zero-order valence-electron chi connectivity index (χ0n) is 9.57. The topological polar surface area (TPSA) is 29.1 Å². The van der Waals surface area contributed by atoms with Gasteiger partial charge in [-0.1, -0.05) is 37.3 Å². The van der Waals surface area contributed by atoms with Crippen LogP contribution in [-0.2, 0) is 11.3 Å². The van der Waals surface area contributed by atoms with E-state index in [2.05, 4.69) is 17.4 Å². The standard InChI is InChI=1S/C14H17NO/c1-11-7-8-13(14(11)16)10-15-9-12-5-3-2-4-6-12/h2-6,10-11,15H,7-9H2,1H3/b13-10+. The summed E-state index contributed by atoms with van der Waals surface area (Å²) < 4.78 is 0. The normalized spacial score (nSPS) is 22.7. The van der Waals surface area contributed by atoms with Crippen molar-refractivity contribution in [2.75, 3.05) is 0 Å². The fraction of sp³-hybridized carbons (Fsp3) is 0.357. The van der Waals surface area contributed by atoms with Crippen LogP contribution in [0, 0.1) is 5.92 Å². The third kappa shape index (κ3) is 2.51. The minimum Gasteiger partial charge on any atom is -0.386 e. The Bertz CT molecular complexity index is 394. The number of hydrogen-bond donors (Lipinski definition) is 1. The van der Waals surface area contributed by atoms with Gasteiger partial charge in [-0.15, -0.1) is 0 Å². The summed E-state index contributed by atoms with van der Waals surface area (Å²) in [6, 6.07) is 10.2. The van der Waals surface area contributed by atoms with E-state index in [0.717, 1.165) is 25.0 Å². The number of nitrogens with one attached hydrogen (secondary N) is 1. The zero-order valence-corrected chi connectivity index (χ0v) is 9.57. The van der Waals surface area contributed by atoms with Crippen LogP contribution in [0.3, 0.4) is 0 Å². The molecule has 1 N–H and O–H groups in total. The van der Waals surface area contributed by atoms with Gasteiger partial charge < -0.3 is 5.32 Å². The number of ketones is 1. The van der Waals surface area contributed by atoms with Crippen LogP contribution in [0.15, 0.2) is 42.1 Å². The maximum Gasteiger partial charge on any atom is 0.163 e. The van der Waals surface area contributed by atoms with Gasteiger partial charge in [0.25, 0.3) is 0 Å². The molecule has 2 rings (SSSR count). The zero-order chi connectivity index (χ0) is 11.4. The highest BCUT2D eigenvalue weighted by molar-refractivity contribution is 5.98. The second-order valence-electron chi connectivity index (χ2n) is 4.34. The van der Waals surface area contributed by atoms with Crippen LogP contribution in [0.4, 0.5) is 0 Å². The largest absolute Gasteiger partial charge is 0.386 e. The van der Waals surface area contributed by atoms with E-state index in [9.17, 15) is 4.79 Å². The molecule has 2 nitrogen and oxygen atoms in total. The second-order valence-corrected chi connectivity index (χ2v) is 4.34. The van der Waals surface area contributed by atoms with Crippen LogP contribution in [0.1, 0.15) is 25.3 Å². The van der Waals surface area contributed by atoms with Crippen LogP contribution < -0.4 is 5.32 Å². The number of Topliss-reactive ketones (excluding diaryl/α,β-unsaturated/α-hetero) is 1. The summed E-state index contributed by atoms with van der Waals surface area (Å²) in [6.45, 7) is 2.78. The Hall–Kier alpha value is -1.57. The Morgan fingerprint density at radius 3 is 2.75 bits per heavy atom. The molecular formula is C14H17NO. The van der Waals surface area contributed by atoms with E-state index in [0.29, 0.717) is 5.78 Å². The van der Waals surface area contributed by atoms with E-state index in [4.69, 9.17) is 0 Å². The van der Waals surface area contributed by atoms with Crippen molar-refractivity contribution in [1.29, 1.82) is 0 Å². The van der Waals surface area contributed by atoms with Gasteiger partial charge in [-0.3, -0.25) is 4.79 Å². The molecule has 0 heterocycles. The van der Waals surface area contributed by atoms with Gasteiger partial charge in [0.15, 0.2) is 5.78 Å². The molecule has 1 aromatic carbocycles. The van der Waals surface area contributed by atoms with Crippen LogP contribution in [0.25, 0.3) is 0 Å². The van der Waals surface area contributed by atoms with Crippen molar-refractivity contribution in [3.05, 3.63) is 47.7 Å². The van der Waals surface area contributed by atoms with Gasteiger partial charge in [0, 0.05) is 24.2 Å². The molecule has 1 fully saturated rings. The molecule has 0 spiro atoms. The third-order valence-corrected chi connectivity index (χ3v) is 3.04. The van der Waals surface area contributed by atoms with Crippen LogP contribution >= 0.6 is 0 Å². The molecule has 0 bridgehead atoms. The first-order valence-corrected chi connectivity index (χ1v) is 5.78. The summed E-state index contributed by atoms with van der Waals surface area (Å²) in [5.41, 5.74) is 2.18. The molecule has 16 heavy (non-hydrogen) atoms. The molecule has 0 aromatic heterocycles. The third-order valence-electron chi connectivity index (χ3n) is 3.04. The smallest absolute Gasteiger partial charge is 0.163 e.